The number of benzene rings is 2. The molecule has 4 rings (SSSR count). The minimum absolute atomic E-state index is 0.0595. The molecule has 1 aliphatic rings. The molecule has 14 heteroatoms. The molecule has 1 N–H and O–H groups in total. The first-order valence-corrected chi connectivity index (χ1v) is 12.4. The van der Waals surface area contributed by atoms with Crippen LogP contribution in [-0.2, 0) is 25.3 Å². The average molecular weight is 590 g/mol. The van der Waals surface area contributed by atoms with Crippen molar-refractivity contribution in [2.75, 3.05) is 31.1 Å². The van der Waals surface area contributed by atoms with Gasteiger partial charge in [-0.3, -0.25) is 4.79 Å². The third-order valence-electron chi connectivity index (χ3n) is 6.70. The number of pyridine rings is 1. The Morgan fingerprint density at radius 3 is 2.02 bits per heavy atom. The largest absolute Gasteiger partial charge is 0.477 e. The summed E-state index contributed by atoms with van der Waals surface area (Å²) in [6.07, 6.45) is -9.05. The Balaban J connectivity index is 1.54. The third-order valence-corrected chi connectivity index (χ3v) is 7.10. The van der Waals surface area contributed by atoms with Crippen LogP contribution in [0.1, 0.15) is 34.0 Å². The lowest BCUT2D eigenvalue weighted by Crippen LogP contribution is -2.49. The lowest BCUT2D eigenvalue weighted by Gasteiger charge is -2.37. The number of carboxylic acid groups (broad SMARTS) is 1. The van der Waals surface area contributed by atoms with Gasteiger partial charge in [-0.1, -0.05) is 12.2 Å². The molecule has 2 aromatic carbocycles. The molecule has 1 aliphatic heterocycles. The zero-order chi connectivity index (χ0) is 29.6. The molecule has 0 saturated carbocycles. The van der Waals surface area contributed by atoms with Crippen molar-refractivity contribution < 1.29 is 40.6 Å². The molecule has 1 saturated heterocycles. The molecular weight excluding hydrogens is 567 g/mol. The van der Waals surface area contributed by atoms with Gasteiger partial charge in [0.1, 0.15) is 11.4 Å². The van der Waals surface area contributed by atoms with E-state index in [0.717, 1.165) is 6.07 Å². The van der Waals surface area contributed by atoms with E-state index in [0.29, 0.717) is 24.2 Å². The number of piperazine rings is 1. The fraction of sp³-hybridized carbons (Fsp3) is 0.346. The number of aryl methyl sites for hydroxylation is 1. The van der Waals surface area contributed by atoms with E-state index in [-0.39, 0.29) is 60.3 Å². The van der Waals surface area contributed by atoms with Gasteiger partial charge in [-0.2, -0.15) is 26.3 Å². The number of fused-ring (bicyclic) bond motifs is 1. The van der Waals surface area contributed by atoms with Gasteiger partial charge in [-0.15, -0.1) is 0 Å². The summed E-state index contributed by atoms with van der Waals surface area (Å²) >= 11 is 5.34. The molecule has 0 radical (unpaired) electrons. The summed E-state index contributed by atoms with van der Waals surface area (Å²) in [5.74, 6) is -2.17. The predicted octanol–water partition coefficient (Wildman–Crippen LogP) is 5.59. The standard InChI is InChI=1S/C26H22F7N3O3S/c1-2-34-13-18(24(38)39)23(37)17-11-19(27)21(12-20(17)34)35-3-5-36(6-4-35)22(40)9-14-7-15(25(28,29)30)10-16(8-14)26(31,32)33/h7-8,10-13H,2-6,9H2,1H3,(H,38,39). The van der Waals surface area contributed by atoms with Crippen molar-refractivity contribution in [3.8, 4) is 0 Å². The highest BCUT2D eigenvalue weighted by atomic mass is 32.1. The van der Waals surface area contributed by atoms with Crippen LogP contribution in [0.15, 0.2) is 41.3 Å². The number of thiocarbonyl (C=S) groups is 1. The molecule has 2 heterocycles. The highest BCUT2D eigenvalue weighted by Crippen LogP contribution is 2.36. The minimum atomic E-state index is -4.97. The number of rotatable bonds is 5. The molecule has 0 aliphatic carbocycles. The number of hydrogen-bond donors (Lipinski definition) is 1. The lowest BCUT2D eigenvalue weighted by molar-refractivity contribution is -0.143. The molecule has 3 aromatic rings. The van der Waals surface area contributed by atoms with Crippen LogP contribution in [-0.4, -0.2) is 51.7 Å². The summed E-state index contributed by atoms with van der Waals surface area (Å²) in [6, 6.07) is 3.80. The number of alkyl halides is 6. The molecular formula is C26H22F7N3O3S. The summed E-state index contributed by atoms with van der Waals surface area (Å²) in [4.78, 5) is 27.5. The second-order valence-corrected chi connectivity index (χ2v) is 9.71. The molecule has 1 aromatic heterocycles. The van der Waals surface area contributed by atoms with Crippen molar-refractivity contribution in [1.82, 2.24) is 9.47 Å². The molecule has 6 nitrogen and oxygen atoms in total. The van der Waals surface area contributed by atoms with Crippen molar-refractivity contribution in [1.29, 1.82) is 0 Å². The summed E-state index contributed by atoms with van der Waals surface area (Å²) < 4.78 is 95.8. The number of aromatic carboxylic acids is 1. The normalized spacial score (nSPS) is 14.6. The van der Waals surface area contributed by atoms with Crippen LogP contribution < -0.4 is 10.3 Å². The highest BCUT2D eigenvalue weighted by molar-refractivity contribution is 7.80. The van der Waals surface area contributed by atoms with E-state index in [4.69, 9.17) is 12.2 Å². The van der Waals surface area contributed by atoms with E-state index in [1.807, 2.05) is 0 Å². The summed E-state index contributed by atoms with van der Waals surface area (Å²) in [5.41, 5.74) is -3.85. The summed E-state index contributed by atoms with van der Waals surface area (Å²) in [6.45, 7) is 2.95. The van der Waals surface area contributed by atoms with E-state index >= 15 is 4.39 Å². The minimum Gasteiger partial charge on any atom is -0.477 e. The topological polar surface area (TPSA) is 65.8 Å². The maximum Gasteiger partial charge on any atom is 0.416 e. The summed E-state index contributed by atoms with van der Waals surface area (Å²) in [5, 5.41) is 9.22. The number of carboxylic acids is 1. The van der Waals surface area contributed by atoms with Gasteiger partial charge >= 0.3 is 18.3 Å². The Morgan fingerprint density at radius 1 is 0.950 bits per heavy atom. The van der Waals surface area contributed by atoms with Crippen LogP contribution >= 0.6 is 12.2 Å². The molecule has 1 fully saturated rings. The average Bonchev–Trinajstić information content (AvgIpc) is 2.87. The second-order valence-electron chi connectivity index (χ2n) is 9.24. The molecule has 0 spiro atoms. The van der Waals surface area contributed by atoms with Crippen molar-refractivity contribution in [3.63, 3.8) is 0 Å². The molecule has 0 amide bonds. The first-order chi connectivity index (χ1) is 18.6. The van der Waals surface area contributed by atoms with E-state index in [1.54, 1.807) is 16.7 Å². The van der Waals surface area contributed by atoms with Gasteiger partial charge in [0, 0.05) is 50.7 Å². The fourth-order valence-corrected chi connectivity index (χ4v) is 5.01. The highest BCUT2D eigenvalue weighted by Gasteiger charge is 2.37. The third kappa shape index (κ3) is 5.91. The molecule has 0 unspecified atom stereocenters. The van der Waals surface area contributed by atoms with Crippen LogP contribution in [0.5, 0.6) is 0 Å². The van der Waals surface area contributed by atoms with E-state index < -0.39 is 46.3 Å². The Bertz CT molecular complexity index is 1510. The Morgan fingerprint density at radius 2 is 1.52 bits per heavy atom. The van der Waals surface area contributed by atoms with E-state index in [1.165, 1.54) is 16.8 Å². The molecule has 0 atom stereocenters. The van der Waals surface area contributed by atoms with Gasteiger partial charge < -0.3 is 19.5 Å². The smallest absolute Gasteiger partial charge is 0.416 e. The van der Waals surface area contributed by atoms with Crippen LogP contribution in [0.4, 0.5) is 36.4 Å². The number of nitrogens with zero attached hydrogens (tertiary/aromatic N) is 3. The van der Waals surface area contributed by atoms with Gasteiger partial charge in [0.2, 0.25) is 5.43 Å². The second kappa shape index (κ2) is 10.7. The van der Waals surface area contributed by atoms with Crippen molar-refractivity contribution in [2.24, 2.45) is 0 Å². The van der Waals surface area contributed by atoms with Crippen molar-refractivity contribution in [2.45, 2.75) is 32.2 Å². The maximum absolute atomic E-state index is 15.1. The number of anilines is 1. The zero-order valence-corrected chi connectivity index (χ0v) is 21.7. The summed E-state index contributed by atoms with van der Waals surface area (Å²) in [7, 11) is 0. The van der Waals surface area contributed by atoms with Crippen molar-refractivity contribution >= 4 is 39.8 Å². The predicted molar refractivity (Wildman–Crippen MR) is 137 cm³/mol. The van der Waals surface area contributed by atoms with Gasteiger partial charge in [-0.05, 0) is 42.8 Å². The first-order valence-electron chi connectivity index (χ1n) is 12.0. The van der Waals surface area contributed by atoms with Crippen LogP contribution in [0.25, 0.3) is 10.9 Å². The Labute approximate surface area is 228 Å². The maximum atomic E-state index is 15.1. The number of carbonyl (C=O) groups is 1. The quantitative estimate of drug-likeness (QED) is 0.310. The van der Waals surface area contributed by atoms with Crippen LogP contribution in [0, 0.1) is 5.82 Å². The monoisotopic (exact) mass is 589 g/mol. The SMILES string of the molecule is CCn1cc(C(=O)O)c(=O)c2cc(F)c(N3CCN(C(=S)Cc4cc(C(F)(F)F)cc(C(F)(F)F)c4)CC3)cc21. The first kappa shape index (κ1) is 29.3. The zero-order valence-electron chi connectivity index (χ0n) is 20.9. The fourth-order valence-electron chi connectivity index (χ4n) is 4.66. The Kier molecular flexibility index (Phi) is 7.85. The number of aromatic nitrogens is 1. The lowest BCUT2D eigenvalue weighted by atomic mass is 10.0. The Hall–Kier alpha value is -3.68. The van der Waals surface area contributed by atoms with E-state index in [2.05, 4.69) is 0 Å². The van der Waals surface area contributed by atoms with Gasteiger partial charge in [-0.25, -0.2) is 9.18 Å². The number of halogens is 7. The van der Waals surface area contributed by atoms with Gasteiger partial charge in [0.05, 0.1) is 27.3 Å². The van der Waals surface area contributed by atoms with E-state index in [9.17, 15) is 41.0 Å². The van der Waals surface area contributed by atoms with Gasteiger partial charge in [0.15, 0.2) is 0 Å². The molecule has 40 heavy (non-hydrogen) atoms. The van der Waals surface area contributed by atoms with Crippen LogP contribution in [0.2, 0.25) is 0 Å². The van der Waals surface area contributed by atoms with Crippen LogP contribution in [0.3, 0.4) is 0 Å². The van der Waals surface area contributed by atoms with Crippen molar-refractivity contribution in [3.05, 3.63) is 74.8 Å². The molecule has 214 valence electrons. The van der Waals surface area contributed by atoms with Gasteiger partial charge in [0.25, 0.3) is 0 Å². The number of hydrogen-bond acceptors (Lipinski definition) is 4. The molecule has 0 bridgehead atoms.